The van der Waals surface area contributed by atoms with Crippen molar-refractivity contribution in [2.75, 3.05) is 0 Å². The fourth-order valence-electron chi connectivity index (χ4n) is 4.11. The normalized spacial score (nSPS) is 27.6. The maximum absolute atomic E-state index is 4.54. The van der Waals surface area contributed by atoms with Gasteiger partial charge in [0.15, 0.2) is 0 Å². The largest absolute Gasteiger partial charge is 0.244 e. The van der Waals surface area contributed by atoms with Crippen molar-refractivity contribution in [1.29, 1.82) is 0 Å². The molecule has 0 fully saturated rings. The van der Waals surface area contributed by atoms with Crippen LogP contribution in [0.3, 0.4) is 0 Å². The predicted octanol–water partition coefficient (Wildman–Crippen LogP) is 4.00. The van der Waals surface area contributed by atoms with E-state index in [1.54, 1.807) is 6.33 Å². The van der Waals surface area contributed by atoms with Gasteiger partial charge in [0, 0.05) is 17.3 Å². The van der Waals surface area contributed by atoms with Crippen LogP contribution in [0.25, 0.3) is 0 Å². The molecule has 1 aliphatic carbocycles. The lowest BCUT2D eigenvalue weighted by atomic mass is 9.58. The second-order valence-corrected chi connectivity index (χ2v) is 7.05. The van der Waals surface area contributed by atoms with Crippen LogP contribution in [0.4, 0.5) is 0 Å². The van der Waals surface area contributed by atoms with E-state index in [-0.39, 0.29) is 5.41 Å². The first-order valence-corrected chi connectivity index (χ1v) is 7.13. The summed E-state index contributed by atoms with van der Waals surface area (Å²) in [5.74, 6) is 1.28. The Labute approximate surface area is 111 Å². The van der Waals surface area contributed by atoms with Crippen LogP contribution in [0.15, 0.2) is 12.5 Å². The molecule has 2 rings (SSSR count). The summed E-state index contributed by atoms with van der Waals surface area (Å²) in [6.07, 6.45) is 6.04. The van der Waals surface area contributed by atoms with Gasteiger partial charge in [-0.1, -0.05) is 41.5 Å². The van der Waals surface area contributed by atoms with Crippen LogP contribution in [0, 0.1) is 17.3 Å². The minimum Gasteiger partial charge on any atom is -0.244 e. The summed E-state index contributed by atoms with van der Waals surface area (Å²) in [5.41, 5.74) is 3.23. The summed E-state index contributed by atoms with van der Waals surface area (Å²) < 4.78 is 0. The highest BCUT2D eigenvalue weighted by Crippen LogP contribution is 2.55. The van der Waals surface area contributed by atoms with Crippen LogP contribution >= 0.6 is 0 Å². The Morgan fingerprint density at radius 2 is 2.06 bits per heavy atom. The van der Waals surface area contributed by atoms with Gasteiger partial charge in [0.1, 0.15) is 6.33 Å². The van der Waals surface area contributed by atoms with Crippen molar-refractivity contribution in [3.63, 3.8) is 0 Å². The first-order valence-electron chi connectivity index (χ1n) is 7.13. The molecule has 1 aromatic rings. The lowest BCUT2D eigenvalue weighted by Gasteiger charge is -2.45. The topological polar surface area (TPSA) is 25.8 Å². The fourth-order valence-corrected chi connectivity index (χ4v) is 4.11. The number of nitrogens with zero attached hydrogens (tertiary/aromatic N) is 2. The molecular weight excluding hydrogens is 220 g/mol. The zero-order chi connectivity index (χ0) is 13.6. The van der Waals surface area contributed by atoms with Crippen LogP contribution in [-0.2, 0) is 11.8 Å². The predicted molar refractivity (Wildman–Crippen MR) is 75.5 cm³/mol. The van der Waals surface area contributed by atoms with E-state index in [2.05, 4.69) is 57.7 Å². The van der Waals surface area contributed by atoms with E-state index in [1.165, 1.54) is 17.7 Å². The van der Waals surface area contributed by atoms with Crippen LogP contribution in [0.1, 0.15) is 59.2 Å². The zero-order valence-electron chi connectivity index (χ0n) is 12.6. The highest BCUT2D eigenvalue weighted by atomic mass is 14.8. The van der Waals surface area contributed by atoms with E-state index in [1.807, 2.05) is 0 Å². The smallest absolute Gasteiger partial charge is 0.115 e. The summed E-state index contributed by atoms with van der Waals surface area (Å²) in [6, 6.07) is 0. The molecule has 2 atom stereocenters. The summed E-state index contributed by atoms with van der Waals surface area (Å²) in [7, 11) is 0. The van der Waals surface area contributed by atoms with Crippen molar-refractivity contribution in [2.45, 2.75) is 59.8 Å². The molecule has 1 aromatic heterocycles. The number of rotatable bonds is 2. The van der Waals surface area contributed by atoms with Crippen LogP contribution in [0.5, 0.6) is 0 Å². The van der Waals surface area contributed by atoms with Gasteiger partial charge in [-0.05, 0) is 35.7 Å². The maximum atomic E-state index is 4.54. The Hall–Kier alpha value is -0.920. The molecule has 0 bridgehead atoms. The first-order chi connectivity index (χ1) is 8.34. The summed E-state index contributed by atoms with van der Waals surface area (Å²) in [4.78, 5) is 8.82. The molecule has 0 radical (unpaired) electrons. The van der Waals surface area contributed by atoms with Crippen LogP contribution < -0.4 is 0 Å². The molecule has 0 N–H and O–H groups in total. The van der Waals surface area contributed by atoms with Gasteiger partial charge in [-0.3, -0.25) is 0 Å². The molecule has 100 valence electrons. The molecule has 2 nitrogen and oxygen atoms in total. The fraction of sp³-hybridized carbons (Fsp3) is 0.750. The van der Waals surface area contributed by atoms with Crippen molar-refractivity contribution in [3.8, 4) is 0 Å². The van der Waals surface area contributed by atoms with E-state index < -0.39 is 0 Å². The lowest BCUT2D eigenvalue weighted by Crippen LogP contribution is -2.43. The van der Waals surface area contributed by atoms with E-state index in [9.17, 15) is 0 Å². The van der Waals surface area contributed by atoms with Crippen LogP contribution in [0.2, 0.25) is 0 Å². The molecule has 2 unspecified atom stereocenters. The van der Waals surface area contributed by atoms with E-state index in [0.717, 1.165) is 6.42 Å². The third kappa shape index (κ3) is 1.77. The molecule has 0 aliphatic heterocycles. The first kappa shape index (κ1) is 13.5. The highest BCUT2D eigenvalue weighted by molar-refractivity contribution is 5.36. The van der Waals surface area contributed by atoms with Gasteiger partial charge in [0.25, 0.3) is 0 Å². The SMILES string of the molecule is CCC1(C(C)C)c2cncnc2CC1C(C)(C)C. The molecule has 1 heterocycles. The number of hydrogen-bond acceptors (Lipinski definition) is 2. The number of aromatic nitrogens is 2. The van der Waals surface area contributed by atoms with Gasteiger partial charge >= 0.3 is 0 Å². The Morgan fingerprint density at radius 1 is 1.39 bits per heavy atom. The molecule has 0 saturated heterocycles. The van der Waals surface area contributed by atoms with Gasteiger partial charge in [0.05, 0.1) is 0 Å². The molecule has 0 amide bonds. The summed E-state index contributed by atoms with van der Waals surface area (Å²) >= 11 is 0. The molecule has 2 heteroatoms. The van der Waals surface area contributed by atoms with E-state index >= 15 is 0 Å². The van der Waals surface area contributed by atoms with Crippen LogP contribution in [-0.4, -0.2) is 9.97 Å². The average Bonchev–Trinajstić information content (AvgIpc) is 2.64. The van der Waals surface area contributed by atoms with E-state index in [0.29, 0.717) is 17.3 Å². The molecule has 0 saturated carbocycles. The Bertz CT molecular complexity index is 431. The van der Waals surface area contributed by atoms with Crippen molar-refractivity contribution in [2.24, 2.45) is 17.3 Å². The van der Waals surface area contributed by atoms with Crippen molar-refractivity contribution in [3.05, 3.63) is 23.8 Å². The van der Waals surface area contributed by atoms with Gasteiger partial charge in [-0.2, -0.15) is 0 Å². The standard InChI is InChI=1S/C16H26N2/c1-7-16(11(2)3)12-9-17-10-18-13(12)8-14(16)15(4,5)6/h9-11,14H,7-8H2,1-6H3. The minimum atomic E-state index is 0.245. The Morgan fingerprint density at radius 3 is 2.56 bits per heavy atom. The molecule has 1 aliphatic rings. The second kappa shape index (κ2) is 4.32. The van der Waals surface area contributed by atoms with Gasteiger partial charge in [0.2, 0.25) is 0 Å². The third-order valence-electron chi connectivity index (χ3n) is 4.98. The number of fused-ring (bicyclic) bond motifs is 1. The zero-order valence-corrected chi connectivity index (χ0v) is 12.6. The lowest BCUT2D eigenvalue weighted by molar-refractivity contribution is 0.0955. The molecular formula is C16H26N2. The van der Waals surface area contributed by atoms with Crippen molar-refractivity contribution < 1.29 is 0 Å². The molecule has 18 heavy (non-hydrogen) atoms. The summed E-state index contributed by atoms with van der Waals surface area (Å²) in [5, 5.41) is 0. The molecule has 0 spiro atoms. The Kier molecular flexibility index (Phi) is 3.25. The third-order valence-corrected chi connectivity index (χ3v) is 4.98. The minimum absolute atomic E-state index is 0.245. The van der Waals surface area contributed by atoms with Crippen molar-refractivity contribution >= 4 is 0 Å². The maximum Gasteiger partial charge on any atom is 0.115 e. The highest BCUT2D eigenvalue weighted by Gasteiger charge is 2.52. The average molecular weight is 246 g/mol. The Balaban J connectivity index is 2.61. The van der Waals surface area contributed by atoms with Gasteiger partial charge in [-0.25, -0.2) is 9.97 Å². The quantitative estimate of drug-likeness (QED) is 0.788. The number of hydrogen-bond donors (Lipinski definition) is 0. The second-order valence-electron chi connectivity index (χ2n) is 7.05. The summed E-state index contributed by atoms with van der Waals surface area (Å²) in [6.45, 7) is 14.1. The van der Waals surface area contributed by atoms with Crippen molar-refractivity contribution in [1.82, 2.24) is 9.97 Å². The monoisotopic (exact) mass is 246 g/mol. The van der Waals surface area contributed by atoms with E-state index in [4.69, 9.17) is 0 Å². The molecule has 0 aromatic carbocycles. The van der Waals surface area contributed by atoms with Gasteiger partial charge < -0.3 is 0 Å². The van der Waals surface area contributed by atoms with Gasteiger partial charge in [-0.15, -0.1) is 0 Å².